The Morgan fingerprint density at radius 2 is 1.86 bits per heavy atom. The van der Waals surface area contributed by atoms with Crippen LogP contribution in [0.4, 0.5) is 4.79 Å². The van der Waals surface area contributed by atoms with Crippen LogP contribution in [0.25, 0.3) is 0 Å². The molecule has 2 fully saturated rings. The summed E-state index contributed by atoms with van der Waals surface area (Å²) in [4.78, 5) is 43.8. The van der Waals surface area contributed by atoms with Crippen molar-refractivity contribution in [1.29, 1.82) is 0 Å². The van der Waals surface area contributed by atoms with Gasteiger partial charge in [0.05, 0.1) is 13.1 Å². The first-order valence-electron chi connectivity index (χ1n) is 12.2. The number of rotatable bonds is 8. The molecule has 4 amide bonds. The van der Waals surface area contributed by atoms with Crippen molar-refractivity contribution in [2.45, 2.75) is 38.6 Å². The molecule has 2 aliphatic heterocycles. The second kappa shape index (κ2) is 11.8. The van der Waals surface area contributed by atoms with Gasteiger partial charge in [-0.1, -0.05) is 67.0 Å². The van der Waals surface area contributed by atoms with Crippen molar-refractivity contribution in [3.05, 3.63) is 65.7 Å². The first-order valence-corrected chi connectivity index (χ1v) is 13.6. The summed E-state index contributed by atoms with van der Waals surface area (Å²) in [6, 6.07) is 16.2. The fourth-order valence-electron chi connectivity index (χ4n) is 4.88. The molecule has 1 N–H and O–H groups in total. The van der Waals surface area contributed by atoms with Crippen molar-refractivity contribution >= 4 is 42.9 Å². The zero-order valence-corrected chi connectivity index (χ0v) is 21.6. The minimum absolute atomic E-state index is 0.0595. The number of piperazine rings is 1. The highest BCUT2D eigenvalue weighted by molar-refractivity contribution is 7.98. The Kier molecular flexibility index (Phi) is 8.58. The van der Waals surface area contributed by atoms with Gasteiger partial charge in [0.1, 0.15) is 20.1 Å². The van der Waals surface area contributed by atoms with Crippen molar-refractivity contribution < 1.29 is 14.4 Å². The predicted octanol–water partition coefficient (Wildman–Crippen LogP) is 1.56. The summed E-state index contributed by atoms with van der Waals surface area (Å²) in [5.41, 5.74) is 2.53. The van der Waals surface area contributed by atoms with Crippen molar-refractivity contribution in [1.82, 2.24) is 25.1 Å². The van der Waals surface area contributed by atoms with Gasteiger partial charge in [-0.2, -0.15) is 11.8 Å². The van der Waals surface area contributed by atoms with Crippen LogP contribution in [0, 0.1) is 0 Å². The lowest BCUT2D eigenvalue weighted by atomic mass is 9.94. The molecule has 2 aromatic rings. The summed E-state index contributed by atoms with van der Waals surface area (Å²) in [6.45, 7) is 3.44. The Labute approximate surface area is 218 Å². The molecular weight excluding hydrogens is 473 g/mol. The van der Waals surface area contributed by atoms with E-state index in [4.69, 9.17) is 7.85 Å². The molecule has 0 spiro atoms. The monoisotopic (exact) mass is 505 g/mol. The number of thioether (sulfide) groups is 1. The van der Waals surface area contributed by atoms with E-state index in [0.29, 0.717) is 31.5 Å². The van der Waals surface area contributed by atoms with Gasteiger partial charge >= 0.3 is 6.03 Å². The quantitative estimate of drug-likeness (QED) is 0.552. The highest BCUT2D eigenvalue weighted by atomic mass is 32.2. The van der Waals surface area contributed by atoms with E-state index in [-0.39, 0.29) is 30.9 Å². The third kappa shape index (κ3) is 5.70. The SMILES string of the molecule is [B]c1cccc(CN2C[C@H]3N(C(=O)CN(CC)N3C(=O)NCc3ccccc3)[C@@H](CCSC)C2=O)c1. The average Bonchev–Trinajstić information content (AvgIpc) is 2.88. The smallest absolute Gasteiger partial charge is 0.333 e. The maximum absolute atomic E-state index is 13.6. The lowest BCUT2D eigenvalue weighted by molar-refractivity contribution is -0.190. The summed E-state index contributed by atoms with van der Waals surface area (Å²) in [6.07, 6.45) is 1.92. The van der Waals surface area contributed by atoms with E-state index >= 15 is 0 Å². The Morgan fingerprint density at radius 3 is 2.56 bits per heavy atom. The lowest BCUT2D eigenvalue weighted by Crippen LogP contribution is -2.76. The van der Waals surface area contributed by atoms with E-state index in [0.717, 1.165) is 16.9 Å². The van der Waals surface area contributed by atoms with E-state index in [1.165, 1.54) is 0 Å². The van der Waals surface area contributed by atoms with E-state index in [2.05, 4.69) is 5.32 Å². The molecular formula is C26H32BN5O3S. The molecule has 2 heterocycles. The molecule has 0 aromatic heterocycles. The van der Waals surface area contributed by atoms with E-state index in [9.17, 15) is 14.4 Å². The zero-order chi connectivity index (χ0) is 25.7. The molecule has 0 saturated carbocycles. The molecule has 2 aromatic carbocycles. The van der Waals surface area contributed by atoms with Gasteiger partial charge in [0.25, 0.3) is 0 Å². The number of hydrazine groups is 1. The summed E-state index contributed by atoms with van der Waals surface area (Å²) in [7, 11) is 5.97. The van der Waals surface area contributed by atoms with Crippen LogP contribution in [-0.2, 0) is 22.7 Å². The van der Waals surface area contributed by atoms with Crippen LogP contribution < -0.4 is 10.8 Å². The summed E-state index contributed by atoms with van der Waals surface area (Å²) in [5, 5.41) is 6.41. The van der Waals surface area contributed by atoms with Crippen LogP contribution in [0.2, 0.25) is 0 Å². The van der Waals surface area contributed by atoms with Gasteiger partial charge in [-0.15, -0.1) is 0 Å². The van der Waals surface area contributed by atoms with Crippen LogP contribution in [0.5, 0.6) is 0 Å². The maximum Gasteiger partial charge on any atom is 0.334 e. The standard InChI is InChI=1S/C26H32BN5O3S/c1-3-30-18-24(33)31-22(12-13-36-2)25(34)29(16-20-10-7-11-21(27)14-20)17-23(31)32(30)26(35)28-15-19-8-5-4-6-9-19/h4-11,14,22-23H,3,12-13,15-18H2,1-2H3,(H,28,35)/t22-,23-/m0/s1. The number of carbonyl (C=O) groups excluding carboxylic acids is 3. The average molecular weight is 505 g/mol. The second-order valence-electron chi connectivity index (χ2n) is 9.01. The number of carbonyl (C=O) groups is 3. The van der Waals surface area contributed by atoms with Crippen LogP contribution in [0.3, 0.4) is 0 Å². The molecule has 2 atom stereocenters. The number of likely N-dealkylation sites (N-methyl/N-ethyl adjacent to an activating group) is 1. The number of amides is 4. The van der Waals surface area contributed by atoms with E-state index < -0.39 is 12.2 Å². The number of hydrogen-bond donors (Lipinski definition) is 1. The van der Waals surface area contributed by atoms with Gasteiger partial charge in [0, 0.05) is 19.6 Å². The number of hydrogen-bond acceptors (Lipinski definition) is 5. The number of nitrogens with one attached hydrogen (secondary N) is 1. The molecule has 36 heavy (non-hydrogen) atoms. The van der Waals surface area contributed by atoms with Gasteiger partial charge in [-0.3, -0.25) is 9.59 Å². The van der Waals surface area contributed by atoms with Crippen LogP contribution in [-0.4, -0.2) is 89.4 Å². The first kappa shape index (κ1) is 26.1. The lowest BCUT2D eigenvalue weighted by Gasteiger charge is -2.55. The number of benzene rings is 2. The first-order chi connectivity index (χ1) is 17.4. The van der Waals surface area contributed by atoms with E-state index in [1.54, 1.807) is 31.6 Å². The zero-order valence-electron chi connectivity index (χ0n) is 20.8. The molecule has 10 heteroatoms. The summed E-state index contributed by atoms with van der Waals surface area (Å²) in [5.74, 6) is 0.513. The van der Waals surface area contributed by atoms with E-state index in [1.807, 2.05) is 67.8 Å². The highest BCUT2D eigenvalue weighted by Crippen LogP contribution is 2.29. The minimum Gasteiger partial charge on any atom is -0.333 e. The topological polar surface area (TPSA) is 76.2 Å². The summed E-state index contributed by atoms with van der Waals surface area (Å²) >= 11 is 1.63. The molecule has 2 aliphatic rings. The Balaban J connectivity index is 1.63. The van der Waals surface area contributed by atoms with Gasteiger partial charge in [-0.05, 0) is 29.6 Å². The minimum atomic E-state index is -0.617. The predicted molar refractivity (Wildman–Crippen MR) is 142 cm³/mol. The van der Waals surface area contributed by atoms with Crippen LogP contribution in [0.15, 0.2) is 54.6 Å². The Morgan fingerprint density at radius 1 is 1.11 bits per heavy atom. The number of fused-ring (bicyclic) bond motifs is 1. The summed E-state index contributed by atoms with van der Waals surface area (Å²) < 4.78 is 0. The highest BCUT2D eigenvalue weighted by Gasteiger charge is 2.50. The van der Waals surface area contributed by atoms with Crippen molar-refractivity contribution in [2.24, 2.45) is 0 Å². The number of urea groups is 1. The molecule has 0 unspecified atom stereocenters. The Bertz CT molecular complexity index is 1090. The van der Waals surface area contributed by atoms with Gasteiger partial charge in [-0.25, -0.2) is 14.8 Å². The molecule has 0 aliphatic carbocycles. The van der Waals surface area contributed by atoms with Gasteiger partial charge < -0.3 is 15.1 Å². The largest absolute Gasteiger partial charge is 0.334 e. The van der Waals surface area contributed by atoms with Crippen molar-refractivity contribution in [2.75, 3.05) is 31.6 Å². The fourth-order valence-corrected chi connectivity index (χ4v) is 5.34. The molecule has 188 valence electrons. The second-order valence-corrected chi connectivity index (χ2v) is 10.00. The van der Waals surface area contributed by atoms with Crippen molar-refractivity contribution in [3.63, 3.8) is 0 Å². The number of nitrogens with zero attached hydrogens (tertiary/aromatic N) is 4. The van der Waals surface area contributed by atoms with Crippen molar-refractivity contribution in [3.8, 4) is 0 Å². The fraction of sp³-hybridized carbons (Fsp3) is 0.423. The van der Waals surface area contributed by atoms with Gasteiger partial charge in [0.2, 0.25) is 11.8 Å². The maximum atomic E-state index is 13.6. The molecule has 2 saturated heterocycles. The third-order valence-electron chi connectivity index (χ3n) is 6.61. The molecule has 8 nitrogen and oxygen atoms in total. The molecule has 0 bridgehead atoms. The molecule has 4 rings (SSSR count). The van der Waals surface area contributed by atoms with Gasteiger partial charge in [0.15, 0.2) is 0 Å². The third-order valence-corrected chi connectivity index (χ3v) is 7.25. The van der Waals surface area contributed by atoms with Crippen LogP contribution >= 0.6 is 11.8 Å². The Hall–Kier alpha value is -2.98. The normalized spacial score (nSPS) is 20.4. The van der Waals surface area contributed by atoms with Crippen LogP contribution in [0.1, 0.15) is 24.5 Å². The molecule has 2 radical (unpaired) electrons.